The molecule has 0 aliphatic carbocycles. The Kier molecular flexibility index (Phi) is 5.76. The lowest BCUT2D eigenvalue weighted by Gasteiger charge is -2.03. The van der Waals surface area contributed by atoms with Gasteiger partial charge in [0.1, 0.15) is 0 Å². The molecule has 1 aromatic carbocycles. The molecule has 0 amide bonds. The van der Waals surface area contributed by atoms with Crippen LogP contribution in [0, 0.1) is 6.92 Å². The topological polar surface area (TPSA) is 47.3 Å². The highest BCUT2D eigenvalue weighted by molar-refractivity contribution is 9.10. The molecule has 2 aromatic rings. The molecule has 0 bridgehead atoms. The number of rotatable bonds is 7. The summed E-state index contributed by atoms with van der Waals surface area (Å²) in [6, 6.07) is 6.10. The molecule has 0 unspecified atom stereocenters. The normalized spacial score (nSPS) is 10.9. The summed E-state index contributed by atoms with van der Waals surface area (Å²) < 4.78 is 11.8. The minimum atomic E-state index is 0.715. The van der Waals surface area contributed by atoms with Crippen molar-refractivity contribution in [3.05, 3.63) is 40.3 Å². The van der Waals surface area contributed by atoms with Gasteiger partial charge in [-0.2, -0.15) is 0 Å². The maximum atomic E-state index is 5.80. The van der Waals surface area contributed by atoms with Gasteiger partial charge in [0.25, 0.3) is 0 Å². The Morgan fingerprint density at radius 3 is 3.00 bits per heavy atom. The molecular weight excluding hydrogens is 320 g/mol. The Morgan fingerprint density at radius 1 is 1.35 bits per heavy atom. The lowest BCUT2D eigenvalue weighted by Crippen LogP contribution is -2.21. The summed E-state index contributed by atoms with van der Waals surface area (Å²) >= 11 is 3.59. The standard InChI is InChI=1S/C15H19BrN2O2/c1-11-4-3-5-12(15(11)16)13-10-18-14(20-13)6-7-17-8-9-19-2/h3-5,10,17H,6-9H2,1-2H3. The van der Waals surface area contributed by atoms with Crippen LogP contribution < -0.4 is 5.32 Å². The fraction of sp³-hybridized carbons (Fsp3) is 0.400. The van der Waals surface area contributed by atoms with Gasteiger partial charge in [-0.25, -0.2) is 4.98 Å². The molecule has 1 heterocycles. The van der Waals surface area contributed by atoms with Crippen molar-refractivity contribution in [2.75, 3.05) is 26.8 Å². The zero-order chi connectivity index (χ0) is 14.4. The molecule has 4 nitrogen and oxygen atoms in total. The molecular formula is C15H19BrN2O2. The summed E-state index contributed by atoms with van der Waals surface area (Å²) in [5.41, 5.74) is 2.22. The molecule has 0 radical (unpaired) electrons. The molecule has 1 N–H and O–H groups in total. The zero-order valence-electron chi connectivity index (χ0n) is 11.8. The van der Waals surface area contributed by atoms with E-state index in [0.29, 0.717) is 6.61 Å². The van der Waals surface area contributed by atoms with Crippen molar-refractivity contribution in [2.24, 2.45) is 0 Å². The maximum Gasteiger partial charge on any atom is 0.196 e. The SMILES string of the molecule is COCCNCCc1ncc(-c2cccc(C)c2Br)o1. The molecule has 0 saturated carbocycles. The van der Waals surface area contributed by atoms with E-state index >= 15 is 0 Å². The van der Waals surface area contributed by atoms with E-state index in [1.807, 2.05) is 12.1 Å². The lowest BCUT2D eigenvalue weighted by molar-refractivity contribution is 0.199. The average Bonchev–Trinajstić information content (AvgIpc) is 2.90. The summed E-state index contributed by atoms with van der Waals surface area (Å²) in [7, 11) is 1.70. The molecule has 0 saturated heterocycles. The van der Waals surface area contributed by atoms with Gasteiger partial charge < -0.3 is 14.5 Å². The predicted molar refractivity (Wildman–Crippen MR) is 82.8 cm³/mol. The number of hydrogen-bond acceptors (Lipinski definition) is 4. The molecule has 0 spiro atoms. The van der Waals surface area contributed by atoms with E-state index < -0.39 is 0 Å². The second-order valence-corrected chi connectivity index (χ2v) is 5.34. The Morgan fingerprint density at radius 2 is 2.20 bits per heavy atom. The highest BCUT2D eigenvalue weighted by Gasteiger charge is 2.10. The van der Waals surface area contributed by atoms with Gasteiger partial charge in [0.05, 0.1) is 12.8 Å². The number of oxazole rings is 1. The Labute approximate surface area is 127 Å². The van der Waals surface area contributed by atoms with Gasteiger partial charge in [0, 0.05) is 36.7 Å². The van der Waals surface area contributed by atoms with Crippen LogP contribution in [0.2, 0.25) is 0 Å². The van der Waals surface area contributed by atoms with Gasteiger partial charge in [-0.05, 0) is 28.4 Å². The van der Waals surface area contributed by atoms with Crippen molar-refractivity contribution in [3.63, 3.8) is 0 Å². The van der Waals surface area contributed by atoms with E-state index in [9.17, 15) is 0 Å². The van der Waals surface area contributed by atoms with Gasteiger partial charge in [0.15, 0.2) is 11.7 Å². The number of methoxy groups -OCH3 is 1. The molecule has 108 valence electrons. The first-order chi connectivity index (χ1) is 9.72. The van der Waals surface area contributed by atoms with E-state index in [1.54, 1.807) is 13.3 Å². The fourth-order valence-corrected chi connectivity index (χ4v) is 2.34. The van der Waals surface area contributed by atoms with E-state index in [2.05, 4.69) is 39.2 Å². The number of halogens is 1. The van der Waals surface area contributed by atoms with Crippen LogP contribution in [0.3, 0.4) is 0 Å². The number of nitrogens with one attached hydrogen (secondary N) is 1. The van der Waals surface area contributed by atoms with Gasteiger partial charge in [-0.15, -0.1) is 0 Å². The second kappa shape index (κ2) is 7.57. The van der Waals surface area contributed by atoms with Crippen LogP contribution in [0.15, 0.2) is 33.3 Å². The van der Waals surface area contributed by atoms with Crippen LogP contribution in [0.4, 0.5) is 0 Å². The highest BCUT2D eigenvalue weighted by atomic mass is 79.9. The third kappa shape index (κ3) is 3.91. The van der Waals surface area contributed by atoms with Crippen molar-refractivity contribution in [1.29, 1.82) is 0 Å². The summed E-state index contributed by atoms with van der Waals surface area (Å²) in [6.07, 6.45) is 2.55. The summed E-state index contributed by atoms with van der Waals surface area (Å²) in [5, 5.41) is 3.27. The maximum absolute atomic E-state index is 5.80. The predicted octanol–water partition coefficient (Wildman–Crippen LogP) is 3.19. The minimum Gasteiger partial charge on any atom is -0.441 e. The van der Waals surface area contributed by atoms with Crippen LogP contribution in [0.5, 0.6) is 0 Å². The smallest absolute Gasteiger partial charge is 0.196 e. The molecule has 0 atom stereocenters. The number of hydrogen-bond donors (Lipinski definition) is 1. The molecule has 1 aromatic heterocycles. The number of benzene rings is 1. The van der Waals surface area contributed by atoms with Crippen LogP contribution in [0.25, 0.3) is 11.3 Å². The fourth-order valence-electron chi connectivity index (χ4n) is 1.88. The summed E-state index contributed by atoms with van der Waals surface area (Å²) in [5.74, 6) is 1.55. The summed E-state index contributed by atoms with van der Waals surface area (Å²) in [6.45, 7) is 4.45. The summed E-state index contributed by atoms with van der Waals surface area (Å²) in [4.78, 5) is 4.32. The molecule has 2 rings (SSSR count). The molecule has 0 fully saturated rings. The lowest BCUT2D eigenvalue weighted by atomic mass is 10.1. The van der Waals surface area contributed by atoms with Gasteiger partial charge >= 0.3 is 0 Å². The van der Waals surface area contributed by atoms with E-state index in [0.717, 1.165) is 41.2 Å². The Bertz CT molecular complexity index is 555. The van der Waals surface area contributed by atoms with Crippen molar-refractivity contribution in [1.82, 2.24) is 10.3 Å². The van der Waals surface area contributed by atoms with Crippen LogP contribution in [-0.4, -0.2) is 31.8 Å². The van der Waals surface area contributed by atoms with Gasteiger partial charge in [-0.1, -0.05) is 18.2 Å². The van der Waals surface area contributed by atoms with Crippen molar-refractivity contribution in [3.8, 4) is 11.3 Å². The van der Waals surface area contributed by atoms with Crippen molar-refractivity contribution >= 4 is 15.9 Å². The first kappa shape index (κ1) is 15.2. The third-order valence-electron chi connectivity index (χ3n) is 3.01. The van der Waals surface area contributed by atoms with E-state index in [1.165, 1.54) is 5.56 Å². The third-order valence-corrected chi connectivity index (χ3v) is 4.06. The largest absolute Gasteiger partial charge is 0.441 e. The zero-order valence-corrected chi connectivity index (χ0v) is 13.4. The van der Waals surface area contributed by atoms with E-state index in [-0.39, 0.29) is 0 Å². The highest BCUT2D eigenvalue weighted by Crippen LogP contribution is 2.31. The molecule has 20 heavy (non-hydrogen) atoms. The van der Waals surface area contributed by atoms with Gasteiger partial charge in [0.2, 0.25) is 0 Å². The second-order valence-electron chi connectivity index (χ2n) is 4.55. The van der Waals surface area contributed by atoms with E-state index in [4.69, 9.17) is 9.15 Å². The number of ether oxygens (including phenoxy) is 1. The monoisotopic (exact) mass is 338 g/mol. The van der Waals surface area contributed by atoms with Crippen molar-refractivity contribution in [2.45, 2.75) is 13.3 Å². The molecule has 0 aliphatic rings. The average molecular weight is 339 g/mol. The number of aromatic nitrogens is 1. The Balaban J connectivity index is 1.97. The van der Waals surface area contributed by atoms with Crippen LogP contribution in [0.1, 0.15) is 11.5 Å². The quantitative estimate of drug-likeness (QED) is 0.787. The first-order valence-electron chi connectivity index (χ1n) is 6.62. The van der Waals surface area contributed by atoms with Crippen LogP contribution in [-0.2, 0) is 11.2 Å². The van der Waals surface area contributed by atoms with Gasteiger partial charge in [-0.3, -0.25) is 0 Å². The number of aryl methyl sites for hydroxylation is 1. The molecule has 0 aliphatic heterocycles. The Hall–Kier alpha value is -1.17. The minimum absolute atomic E-state index is 0.715. The van der Waals surface area contributed by atoms with Crippen molar-refractivity contribution < 1.29 is 9.15 Å². The van der Waals surface area contributed by atoms with Crippen LogP contribution >= 0.6 is 15.9 Å². The molecule has 5 heteroatoms. The first-order valence-corrected chi connectivity index (χ1v) is 7.41. The number of nitrogens with zero attached hydrogens (tertiary/aromatic N) is 1.